The van der Waals surface area contributed by atoms with E-state index in [0.29, 0.717) is 60.1 Å². The van der Waals surface area contributed by atoms with E-state index in [1.54, 1.807) is 30.3 Å². The van der Waals surface area contributed by atoms with Gasteiger partial charge < -0.3 is 43.3 Å². The summed E-state index contributed by atoms with van der Waals surface area (Å²) in [5, 5.41) is 14.6. The van der Waals surface area contributed by atoms with Crippen LogP contribution in [0.4, 0.5) is 0 Å². The highest BCUT2D eigenvalue weighted by molar-refractivity contribution is 5.85. The van der Waals surface area contributed by atoms with Crippen LogP contribution in [0.5, 0.6) is 40.2 Å². The molecule has 2 heterocycles. The van der Waals surface area contributed by atoms with Crippen LogP contribution < -0.4 is 39.4 Å². The Balaban J connectivity index is 1.47. The predicted molar refractivity (Wildman–Crippen MR) is 162 cm³/mol. The van der Waals surface area contributed by atoms with Gasteiger partial charge in [0.15, 0.2) is 23.0 Å². The minimum atomic E-state index is -0.996. The molecular weight excluding hydrogens is 570 g/mol. The first-order valence-electron chi connectivity index (χ1n) is 14.3. The molecule has 0 saturated carbocycles. The minimum Gasteiger partial charge on any atom is -0.507 e. The number of carbonyl (C=O) groups excluding carboxylic acids is 1. The van der Waals surface area contributed by atoms with E-state index >= 15 is 0 Å². The lowest BCUT2D eigenvalue weighted by Crippen LogP contribution is -2.29. The SMILES string of the molecule is CCOc1ccc(CCNC(=O)C[C@@H](c2cc(OC)c3c(c2OC)OCO3)c2c(O)c3ccccc3oc2=O)cc1OCC. The first-order valence-corrected chi connectivity index (χ1v) is 14.3. The van der Waals surface area contributed by atoms with Crippen molar-refractivity contribution in [1.82, 2.24) is 5.32 Å². The van der Waals surface area contributed by atoms with Gasteiger partial charge in [0, 0.05) is 24.4 Å². The molecule has 0 spiro atoms. The minimum absolute atomic E-state index is 0.0589. The molecule has 4 aromatic rings. The van der Waals surface area contributed by atoms with Gasteiger partial charge in [0.05, 0.1) is 38.4 Å². The molecule has 11 heteroatoms. The first-order chi connectivity index (χ1) is 21.4. The lowest BCUT2D eigenvalue weighted by Gasteiger charge is -2.22. The van der Waals surface area contributed by atoms with Crippen molar-refractivity contribution < 1.29 is 42.7 Å². The molecule has 5 rings (SSSR count). The van der Waals surface area contributed by atoms with Gasteiger partial charge in [-0.05, 0) is 56.2 Å². The molecule has 2 N–H and O–H groups in total. The summed E-state index contributed by atoms with van der Waals surface area (Å²) in [5.41, 5.74) is 0.679. The molecule has 232 valence electrons. The van der Waals surface area contributed by atoms with Crippen LogP contribution in [0.1, 0.15) is 42.9 Å². The molecule has 1 amide bonds. The van der Waals surface area contributed by atoms with Crippen LogP contribution in [0, 0.1) is 0 Å². The van der Waals surface area contributed by atoms with E-state index in [-0.39, 0.29) is 47.5 Å². The van der Waals surface area contributed by atoms with Crippen molar-refractivity contribution in [2.24, 2.45) is 0 Å². The number of ether oxygens (including phenoxy) is 6. The van der Waals surface area contributed by atoms with Crippen LogP contribution in [0.3, 0.4) is 0 Å². The molecule has 1 atom stereocenters. The molecule has 44 heavy (non-hydrogen) atoms. The van der Waals surface area contributed by atoms with E-state index in [1.807, 2.05) is 32.0 Å². The van der Waals surface area contributed by atoms with Gasteiger partial charge in [-0.25, -0.2) is 4.79 Å². The van der Waals surface area contributed by atoms with Gasteiger partial charge in [0.25, 0.3) is 0 Å². The first kappa shape index (κ1) is 30.4. The third kappa shape index (κ3) is 6.03. The van der Waals surface area contributed by atoms with Gasteiger partial charge in [0.1, 0.15) is 11.3 Å². The second kappa shape index (κ2) is 13.5. The summed E-state index contributed by atoms with van der Waals surface area (Å²) in [4.78, 5) is 26.9. The normalized spacial score (nSPS) is 12.5. The standard InChI is InChI=1S/C33H35NO10/c1-5-40-24-12-11-19(15-25(24)41-6-2)13-14-34-27(35)17-21(28-29(36)20-9-7-8-10-23(20)44-33(28)37)22-16-26(38-3)31-32(30(22)39-4)43-18-42-31/h7-12,15-16,21,36H,5-6,13-14,17-18H2,1-4H3,(H,34,35)/t21-/m0/s1. The van der Waals surface area contributed by atoms with E-state index in [1.165, 1.54) is 14.2 Å². The number of para-hydroxylation sites is 1. The molecular formula is C33H35NO10. The second-order valence-electron chi connectivity index (χ2n) is 9.92. The zero-order chi connectivity index (χ0) is 31.2. The number of methoxy groups -OCH3 is 2. The third-order valence-corrected chi connectivity index (χ3v) is 7.29. The van der Waals surface area contributed by atoms with Crippen LogP contribution in [0.15, 0.2) is 57.7 Å². The fourth-order valence-electron chi connectivity index (χ4n) is 5.33. The van der Waals surface area contributed by atoms with Crippen molar-refractivity contribution in [3.05, 3.63) is 75.6 Å². The highest BCUT2D eigenvalue weighted by Gasteiger charge is 2.35. The Hall–Kier alpha value is -5.06. The largest absolute Gasteiger partial charge is 0.507 e. The maximum Gasteiger partial charge on any atom is 0.343 e. The lowest BCUT2D eigenvalue weighted by atomic mass is 9.86. The van der Waals surface area contributed by atoms with Gasteiger partial charge in [0.2, 0.25) is 24.2 Å². The van der Waals surface area contributed by atoms with Crippen molar-refractivity contribution in [1.29, 1.82) is 0 Å². The summed E-state index contributed by atoms with van der Waals surface area (Å²) in [6.45, 7) is 5.07. The van der Waals surface area contributed by atoms with Gasteiger partial charge in [-0.15, -0.1) is 0 Å². The molecule has 0 radical (unpaired) electrons. The zero-order valence-corrected chi connectivity index (χ0v) is 25.1. The summed E-state index contributed by atoms with van der Waals surface area (Å²) in [6.07, 6.45) is 0.302. The molecule has 0 saturated heterocycles. The van der Waals surface area contributed by atoms with Gasteiger partial charge in [-0.3, -0.25) is 4.79 Å². The van der Waals surface area contributed by atoms with Crippen LogP contribution in [0.2, 0.25) is 0 Å². The molecule has 0 unspecified atom stereocenters. The molecule has 0 bridgehead atoms. The Kier molecular flexibility index (Phi) is 9.32. The van der Waals surface area contributed by atoms with Gasteiger partial charge in [-0.2, -0.15) is 0 Å². The van der Waals surface area contributed by atoms with Crippen molar-refractivity contribution in [3.63, 3.8) is 0 Å². The Morgan fingerprint density at radius 3 is 2.45 bits per heavy atom. The number of nitrogens with one attached hydrogen (secondary N) is 1. The smallest absolute Gasteiger partial charge is 0.343 e. The summed E-state index contributed by atoms with van der Waals surface area (Å²) < 4.78 is 39.4. The number of amides is 1. The van der Waals surface area contributed by atoms with E-state index in [9.17, 15) is 14.7 Å². The Labute approximate surface area is 254 Å². The van der Waals surface area contributed by atoms with Crippen molar-refractivity contribution in [3.8, 4) is 40.2 Å². The monoisotopic (exact) mass is 605 g/mol. The van der Waals surface area contributed by atoms with Crippen LogP contribution in [0.25, 0.3) is 11.0 Å². The van der Waals surface area contributed by atoms with E-state index in [4.69, 9.17) is 32.8 Å². The van der Waals surface area contributed by atoms with Crippen LogP contribution >= 0.6 is 0 Å². The number of fused-ring (bicyclic) bond motifs is 2. The maximum absolute atomic E-state index is 13.5. The summed E-state index contributed by atoms with van der Waals surface area (Å²) in [5.74, 6) is 0.843. The number of aromatic hydroxyl groups is 1. The summed E-state index contributed by atoms with van der Waals surface area (Å²) in [7, 11) is 2.91. The van der Waals surface area contributed by atoms with Crippen LogP contribution in [-0.2, 0) is 11.2 Å². The highest BCUT2D eigenvalue weighted by Crippen LogP contribution is 2.53. The number of benzene rings is 3. The van der Waals surface area contributed by atoms with Crippen LogP contribution in [-0.4, -0.2) is 51.8 Å². The van der Waals surface area contributed by atoms with Crippen molar-refractivity contribution >= 4 is 16.9 Å². The maximum atomic E-state index is 13.5. The number of hydrogen-bond acceptors (Lipinski definition) is 10. The number of rotatable bonds is 13. The number of hydrogen-bond donors (Lipinski definition) is 2. The Morgan fingerprint density at radius 1 is 0.955 bits per heavy atom. The average Bonchev–Trinajstić information content (AvgIpc) is 3.51. The molecule has 0 aliphatic carbocycles. The van der Waals surface area contributed by atoms with Gasteiger partial charge >= 0.3 is 5.63 Å². The Morgan fingerprint density at radius 2 is 1.70 bits per heavy atom. The van der Waals surface area contributed by atoms with Crippen molar-refractivity contribution in [2.75, 3.05) is 40.8 Å². The summed E-state index contributed by atoms with van der Waals surface area (Å²) in [6, 6.07) is 13.9. The zero-order valence-electron chi connectivity index (χ0n) is 25.1. The quantitative estimate of drug-likeness (QED) is 0.202. The molecule has 1 aromatic heterocycles. The highest BCUT2D eigenvalue weighted by atomic mass is 16.7. The van der Waals surface area contributed by atoms with E-state index in [2.05, 4.69) is 5.32 Å². The molecule has 3 aromatic carbocycles. The molecule has 1 aliphatic rings. The van der Waals surface area contributed by atoms with Gasteiger partial charge in [-0.1, -0.05) is 18.2 Å². The summed E-state index contributed by atoms with van der Waals surface area (Å²) >= 11 is 0. The lowest BCUT2D eigenvalue weighted by molar-refractivity contribution is -0.121. The van der Waals surface area contributed by atoms with E-state index in [0.717, 1.165) is 5.56 Å². The fourth-order valence-corrected chi connectivity index (χ4v) is 5.33. The molecule has 1 aliphatic heterocycles. The second-order valence-corrected chi connectivity index (χ2v) is 9.92. The average molecular weight is 606 g/mol. The number of carbonyl (C=O) groups is 1. The van der Waals surface area contributed by atoms with Crippen molar-refractivity contribution in [2.45, 2.75) is 32.6 Å². The molecule has 0 fully saturated rings. The fraction of sp³-hybridized carbons (Fsp3) is 0.333. The Bertz CT molecular complexity index is 1710. The van der Waals surface area contributed by atoms with E-state index < -0.39 is 11.5 Å². The topological polar surface area (TPSA) is 135 Å². The predicted octanol–water partition coefficient (Wildman–Crippen LogP) is 4.92. The third-order valence-electron chi connectivity index (χ3n) is 7.29. The molecule has 11 nitrogen and oxygen atoms in total.